The highest BCUT2D eigenvalue weighted by atomic mass is 79.9. The Morgan fingerprint density at radius 1 is 1.15 bits per heavy atom. The van der Waals surface area contributed by atoms with Crippen LogP contribution in [0.25, 0.3) is 0 Å². The summed E-state index contributed by atoms with van der Waals surface area (Å²) in [7, 11) is 0. The monoisotopic (exact) mass is 654 g/mol. The van der Waals surface area contributed by atoms with Crippen LogP contribution in [0.15, 0.2) is 51.2 Å². The van der Waals surface area contributed by atoms with E-state index in [1.807, 2.05) is 32.0 Å². The number of fused-ring (bicyclic) bond motifs is 1. The molecule has 8 nitrogen and oxygen atoms in total. The number of anilines is 1. The lowest BCUT2D eigenvalue weighted by atomic mass is 9.95. The lowest BCUT2D eigenvalue weighted by molar-refractivity contribution is -0.139. The maximum Gasteiger partial charge on any atom is 0.338 e. The lowest BCUT2D eigenvalue weighted by Crippen LogP contribution is -2.29. The predicted octanol–water partition coefficient (Wildman–Crippen LogP) is 7.68. The van der Waals surface area contributed by atoms with Gasteiger partial charge in [0.05, 0.1) is 23.3 Å². The molecule has 0 aliphatic carbocycles. The Labute approximate surface area is 250 Å². The SMILES string of the molecule is CCCSc1nc2n(n1)C(c1cc(Br)c(OCc3ccc(Cl)cc3Cl)c(OCC)c1)C(C(=O)OCC)=C(C)N2. The van der Waals surface area contributed by atoms with Crippen molar-refractivity contribution in [3.63, 3.8) is 0 Å². The van der Waals surface area contributed by atoms with E-state index in [-0.39, 0.29) is 13.2 Å². The highest BCUT2D eigenvalue weighted by molar-refractivity contribution is 9.10. The molecule has 4 rings (SSSR count). The number of carbonyl (C=O) groups is 1. The molecule has 1 aliphatic rings. The fourth-order valence-corrected chi connectivity index (χ4v) is 5.83. The molecule has 0 fully saturated rings. The van der Waals surface area contributed by atoms with Crippen molar-refractivity contribution in [2.75, 3.05) is 24.3 Å². The molecular weight excluding hydrogens is 627 g/mol. The summed E-state index contributed by atoms with van der Waals surface area (Å²) in [5.74, 6) is 2.03. The van der Waals surface area contributed by atoms with Crippen molar-refractivity contribution in [2.45, 2.75) is 51.9 Å². The smallest absolute Gasteiger partial charge is 0.338 e. The Kier molecular flexibility index (Phi) is 10.1. The molecule has 0 saturated heterocycles. The van der Waals surface area contributed by atoms with E-state index in [1.54, 1.807) is 35.5 Å². The number of allylic oxidation sites excluding steroid dienone is 1. The highest BCUT2D eigenvalue weighted by Gasteiger charge is 2.36. The fraction of sp³-hybridized carbons (Fsp3) is 0.370. The van der Waals surface area contributed by atoms with Gasteiger partial charge in [0.1, 0.15) is 12.6 Å². The van der Waals surface area contributed by atoms with Crippen LogP contribution in [0.4, 0.5) is 5.95 Å². The third-order valence-electron chi connectivity index (χ3n) is 5.80. The van der Waals surface area contributed by atoms with Gasteiger partial charge in [0.25, 0.3) is 0 Å². The van der Waals surface area contributed by atoms with E-state index >= 15 is 0 Å². The molecule has 1 N–H and O–H groups in total. The Bertz CT molecular complexity index is 1400. The van der Waals surface area contributed by atoms with Gasteiger partial charge in [-0.3, -0.25) is 0 Å². The maximum absolute atomic E-state index is 13.2. The Morgan fingerprint density at radius 3 is 2.64 bits per heavy atom. The molecule has 0 spiro atoms. The van der Waals surface area contributed by atoms with E-state index in [9.17, 15) is 4.79 Å². The van der Waals surface area contributed by atoms with Gasteiger partial charge < -0.3 is 19.5 Å². The number of esters is 1. The van der Waals surface area contributed by atoms with Crippen LogP contribution in [0.2, 0.25) is 10.0 Å². The quantitative estimate of drug-likeness (QED) is 0.166. The third kappa shape index (κ3) is 6.67. The molecule has 0 radical (unpaired) electrons. The molecule has 12 heteroatoms. The zero-order valence-electron chi connectivity index (χ0n) is 22.0. The minimum atomic E-state index is -0.598. The van der Waals surface area contributed by atoms with Crippen LogP contribution >= 0.6 is 50.9 Å². The van der Waals surface area contributed by atoms with Crippen molar-refractivity contribution in [3.8, 4) is 11.5 Å². The van der Waals surface area contributed by atoms with Gasteiger partial charge in [-0.1, -0.05) is 48.0 Å². The van der Waals surface area contributed by atoms with Crippen molar-refractivity contribution >= 4 is 62.8 Å². The van der Waals surface area contributed by atoms with Crippen LogP contribution in [0, 0.1) is 0 Å². The second kappa shape index (κ2) is 13.3. The second-order valence-corrected chi connectivity index (χ2v) is 11.3. The van der Waals surface area contributed by atoms with Crippen LogP contribution in [-0.4, -0.2) is 39.7 Å². The van der Waals surface area contributed by atoms with Gasteiger partial charge in [-0.15, -0.1) is 5.10 Å². The summed E-state index contributed by atoms with van der Waals surface area (Å²) >= 11 is 17.6. The molecule has 2 aromatic carbocycles. The molecule has 2 heterocycles. The molecule has 208 valence electrons. The number of halogens is 3. The van der Waals surface area contributed by atoms with Crippen LogP contribution in [0.1, 0.15) is 51.3 Å². The number of thioether (sulfide) groups is 1. The van der Waals surface area contributed by atoms with Crippen molar-refractivity contribution in [2.24, 2.45) is 0 Å². The average molecular weight is 656 g/mol. The summed E-state index contributed by atoms with van der Waals surface area (Å²) in [5, 5.41) is 9.66. The molecule has 1 aliphatic heterocycles. The van der Waals surface area contributed by atoms with Crippen molar-refractivity contribution < 1.29 is 19.0 Å². The minimum Gasteiger partial charge on any atom is -0.490 e. The molecule has 3 aromatic rings. The average Bonchev–Trinajstić information content (AvgIpc) is 3.29. The van der Waals surface area contributed by atoms with Gasteiger partial charge in [-0.2, -0.15) is 4.98 Å². The summed E-state index contributed by atoms with van der Waals surface area (Å²) in [5.41, 5.74) is 2.63. The molecule has 0 bridgehead atoms. The van der Waals surface area contributed by atoms with Gasteiger partial charge in [-0.05, 0) is 73.0 Å². The van der Waals surface area contributed by atoms with E-state index in [0.717, 1.165) is 23.3 Å². The third-order valence-corrected chi connectivity index (χ3v) is 8.02. The molecular formula is C27H29BrCl2N4O4S. The van der Waals surface area contributed by atoms with Gasteiger partial charge in [-0.25, -0.2) is 9.48 Å². The summed E-state index contributed by atoms with van der Waals surface area (Å²) in [6, 6.07) is 8.42. The van der Waals surface area contributed by atoms with E-state index in [1.165, 1.54) is 0 Å². The number of hydrogen-bond acceptors (Lipinski definition) is 8. The summed E-state index contributed by atoms with van der Waals surface area (Å²) in [4.78, 5) is 17.8. The molecule has 1 aromatic heterocycles. The first-order valence-electron chi connectivity index (χ1n) is 12.5. The predicted molar refractivity (Wildman–Crippen MR) is 158 cm³/mol. The fourth-order valence-electron chi connectivity index (χ4n) is 4.10. The number of rotatable bonds is 11. The zero-order valence-corrected chi connectivity index (χ0v) is 25.9. The first kappa shape index (κ1) is 29.6. The molecule has 1 atom stereocenters. The number of hydrogen-bond donors (Lipinski definition) is 1. The van der Waals surface area contributed by atoms with Crippen LogP contribution in [-0.2, 0) is 16.1 Å². The number of aromatic nitrogens is 3. The van der Waals surface area contributed by atoms with Gasteiger partial charge in [0, 0.05) is 27.1 Å². The minimum absolute atomic E-state index is 0.208. The van der Waals surface area contributed by atoms with Crippen molar-refractivity contribution in [1.29, 1.82) is 0 Å². The van der Waals surface area contributed by atoms with Gasteiger partial charge in [0.15, 0.2) is 11.5 Å². The zero-order chi connectivity index (χ0) is 28.1. The van der Waals surface area contributed by atoms with E-state index in [4.69, 9.17) is 42.5 Å². The topological polar surface area (TPSA) is 87.5 Å². The molecule has 1 unspecified atom stereocenters. The number of ether oxygens (including phenoxy) is 3. The van der Waals surface area contributed by atoms with Gasteiger partial charge >= 0.3 is 5.97 Å². The summed E-state index contributed by atoms with van der Waals surface area (Å²) in [6.07, 6.45) is 0.990. The van der Waals surface area contributed by atoms with E-state index in [2.05, 4.69) is 33.2 Å². The molecule has 0 amide bonds. The molecule has 39 heavy (non-hydrogen) atoms. The van der Waals surface area contributed by atoms with Crippen molar-refractivity contribution in [3.05, 3.63) is 67.2 Å². The molecule has 0 saturated carbocycles. The normalized spacial score (nSPS) is 14.6. The lowest BCUT2D eigenvalue weighted by Gasteiger charge is -2.29. The van der Waals surface area contributed by atoms with Crippen molar-refractivity contribution in [1.82, 2.24) is 14.8 Å². The van der Waals surface area contributed by atoms with Crippen LogP contribution < -0.4 is 14.8 Å². The van der Waals surface area contributed by atoms with E-state index < -0.39 is 12.0 Å². The first-order chi connectivity index (χ1) is 18.8. The van der Waals surface area contributed by atoms with Gasteiger partial charge in [0.2, 0.25) is 11.1 Å². The van der Waals surface area contributed by atoms with Crippen LogP contribution in [0.5, 0.6) is 11.5 Å². The Hall–Kier alpha value is -2.40. The number of benzene rings is 2. The first-order valence-corrected chi connectivity index (χ1v) is 15.1. The number of nitrogens with one attached hydrogen (secondary N) is 1. The Balaban J connectivity index is 1.77. The highest BCUT2D eigenvalue weighted by Crippen LogP contribution is 2.44. The largest absolute Gasteiger partial charge is 0.490 e. The second-order valence-electron chi connectivity index (χ2n) is 8.59. The van der Waals surface area contributed by atoms with E-state index in [0.29, 0.717) is 55.0 Å². The maximum atomic E-state index is 13.2. The number of carbonyl (C=O) groups excluding carboxylic acids is 1. The standard InChI is InChI=1S/C27H29BrCl2N4O4S/c1-5-10-39-27-32-26-31-15(4)22(25(35)37-7-3)23(34(26)33-27)17-11-19(28)24(21(12-17)36-6-2)38-14-16-8-9-18(29)13-20(16)30/h8-9,11-13,23H,5-7,10,14H2,1-4H3,(H,31,32,33). The number of nitrogens with zero attached hydrogens (tertiary/aromatic N) is 3. The summed E-state index contributed by atoms with van der Waals surface area (Å²) < 4.78 is 20.0. The van der Waals surface area contributed by atoms with Crippen LogP contribution in [0.3, 0.4) is 0 Å². The summed E-state index contributed by atoms with van der Waals surface area (Å²) in [6.45, 7) is 8.48. The Morgan fingerprint density at radius 2 is 1.95 bits per heavy atom.